The molecule has 4 aromatic rings. The van der Waals surface area contributed by atoms with Crippen molar-refractivity contribution in [2.45, 2.75) is 13.0 Å². The van der Waals surface area contributed by atoms with Crippen LogP contribution in [0, 0.1) is 0 Å². The van der Waals surface area contributed by atoms with Gasteiger partial charge in [-0.3, -0.25) is 9.78 Å². The number of pyridine rings is 2. The number of fused-ring (bicyclic) bond motifs is 1. The Labute approximate surface area is 161 Å². The normalized spacial score (nSPS) is 12.1. The average molecular weight is 377 g/mol. The van der Waals surface area contributed by atoms with E-state index < -0.39 is 0 Å². The van der Waals surface area contributed by atoms with E-state index in [9.17, 15) is 4.79 Å². The van der Waals surface area contributed by atoms with Gasteiger partial charge in [-0.1, -0.05) is 29.8 Å². The monoisotopic (exact) mass is 376 g/mol. The second kappa shape index (κ2) is 7.21. The minimum atomic E-state index is -0.179. The first-order valence-corrected chi connectivity index (χ1v) is 8.94. The third kappa shape index (κ3) is 3.68. The quantitative estimate of drug-likeness (QED) is 0.568. The topological polar surface area (TPSA) is 59.3 Å². The summed E-state index contributed by atoms with van der Waals surface area (Å²) in [5, 5.41) is 3.66. The number of rotatable bonds is 4. The minimum absolute atomic E-state index is 0.156. The highest BCUT2D eigenvalue weighted by molar-refractivity contribution is 6.30. The van der Waals surface area contributed by atoms with E-state index in [1.165, 1.54) is 0 Å². The Bertz CT molecular complexity index is 1090. The van der Waals surface area contributed by atoms with Crippen molar-refractivity contribution in [1.82, 2.24) is 19.7 Å². The molecule has 0 aliphatic rings. The predicted octanol–water partition coefficient (Wildman–Crippen LogP) is 4.54. The van der Waals surface area contributed by atoms with E-state index in [1.54, 1.807) is 18.5 Å². The molecule has 0 aliphatic carbocycles. The van der Waals surface area contributed by atoms with Crippen LogP contribution in [0.4, 0.5) is 0 Å². The van der Waals surface area contributed by atoms with Crippen LogP contribution in [-0.2, 0) is 0 Å². The molecule has 4 rings (SSSR count). The first kappa shape index (κ1) is 17.2. The van der Waals surface area contributed by atoms with Crippen LogP contribution >= 0.6 is 11.6 Å². The summed E-state index contributed by atoms with van der Waals surface area (Å²) < 4.78 is 1.85. The molecule has 0 fully saturated rings. The highest BCUT2D eigenvalue weighted by atomic mass is 35.5. The van der Waals surface area contributed by atoms with Crippen LogP contribution in [0.3, 0.4) is 0 Å². The Balaban J connectivity index is 1.57. The van der Waals surface area contributed by atoms with Crippen molar-refractivity contribution in [2.24, 2.45) is 0 Å². The lowest BCUT2D eigenvalue weighted by molar-refractivity contribution is 0.0938. The van der Waals surface area contributed by atoms with Crippen LogP contribution in [0.5, 0.6) is 0 Å². The Morgan fingerprint density at radius 3 is 2.63 bits per heavy atom. The molecule has 0 radical (unpaired) electrons. The van der Waals surface area contributed by atoms with Crippen LogP contribution in [0.15, 0.2) is 73.2 Å². The zero-order valence-corrected chi connectivity index (χ0v) is 15.4. The van der Waals surface area contributed by atoms with Crippen molar-refractivity contribution >= 4 is 23.2 Å². The van der Waals surface area contributed by atoms with Gasteiger partial charge in [-0.15, -0.1) is 0 Å². The number of imidazole rings is 1. The summed E-state index contributed by atoms with van der Waals surface area (Å²) in [7, 11) is 0. The van der Waals surface area contributed by atoms with E-state index >= 15 is 0 Å². The summed E-state index contributed by atoms with van der Waals surface area (Å²) in [6, 6.07) is 16.6. The zero-order chi connectivity index (χ0) is 18.8. The maximum absolute atomic E-state index is 12.6. The summed E-state index contributed by atoms with van der Waals surface area (Å²) >= 11 is 5.94. The van der Waals surface area contributed by atoms with Gasteiger partial charge < -0.3 is 9.72 Å². The van der Waals surface area contributed by atoms with Crippen LogP contribution in [0.25, 0.3) is 16.9 Å². The van der Waals surface area contributed by atoms with Gasteiger partial charge in [-0.2, -0.15) is 0 Å². The maximum Gasteiger partial charge on any atom is 0.253 e. The number of hydrogen-bond donors (Lipinski definition) is 1. The number of hydrogen-bond acceptors (Lipinski definition) is 3. The van der Waals surface area contributed by atoms with Crippen molar-refractivity contribution in [3.63, 3.8) is 0 Å². The maximum atomic E-state index is 12.6. The SMILES string of the molecule is C[C@@H](NC(=O)c1ccc2nc(-c3ccc(Cl)cc3)cn2c1)c1ccccn1. The highest BCUT2D eigenvalue weighted by Gasteiger charge is 2.13. The van der Waals surface area contributed by atoms with Gasteiger partial charge in [0.05, 0.1) is 23.0 Å². The molecule has 0 unspecified atom stereocenters. The molecule has 0 bridgehead atoms. The number of aromatic nitrogens is 3. The molecule has 3 aromatic heterocycles. The fourth-order valence-electron chi connectivity index (χ4n) is 2.87. The zero-order valence-electron chi connectivity index (χ0n) is 14.6. The lowest BCUT2D eigenvalue weighted by atomic mass is 10.2. The molecule has 1 amide bonds. The fraction of sp³-hybridized carbons (Fsp3) is 0.0952. The number of halogens is 1. The number of nitrogens with zero attached hydrogens (tertiary/aromatic N) is 3. The second-order valence-electron chi connectivity index (χ2n) is 6.27. The van der Waals surface area contributed by atoms with Crippen molar-refractivity contribution in [2.75, 3.05) is 0 Å². The van der Waals surface area contributed by atoms with Crippen molar-refractivity contribution in [1.29, 1.82) is 0 Å². The highest BCUT2D eigenvalue weighted by Crippen LogP contribution is 2.21. The molecule has 3 heterocycles. The van der Waals surface area contributed by atoms with Gasteiger partial charge in [0, 0.05) is 29.2 Å². The van der Waals surface area contributed by atoms with Crippen molar-refractivity contribution in [3.8, 4) is 11.3 Å². The van der Waals surface area contributed by atoms with Gasteiger partial charge in [0.25, 0.3) is 5.91 Å². The van der Waals surface area contributed by atoms with E-state index in [2.05, 4.69) is 15.3 Å². The Morgan fingerprint density at radius 1 is 1.07 bits per heavy atom. The summed E-state index contributed by atoms with van der Waals surface area (Å²) in [5.74, 6) is -0.156. The molecule has 134 valence electrons. The summed E-state index contributed by atoms with van der Waals surface area (Å²) in [5.41, 5.74) is 3.95. The molecule has 0 saturated carbocycles. The van der Waals surface area contributed by atoms with E-state index in [0.717, 1.165) is 22.6 Å². The van der Waals surface area contributed by atoms with Gasteiger partial charge in [-0.05, 0) is 43.3 Å². The largest absolute Gasteiger partial charge is 0.344 e. The van der Waals surface area contributed by atoms with E-state index in [-0.39, 0.29) is 11.9 Å². The lowest BCUT2D eigenvalue weighted by Gasteiger charge is -2.13. The Morgan fingerprint density at radius 2 is 1.89 bits per heavy atom. The minimum Gasteiger partial charge on any atom is -0.344 e. The van der Waals surface area contributed by atoms with Crippen LogP contribution in [0.2, 0.25) is 5.02 Å². The molecule has 27 heavy (non-hydrogen) atoms. The number of nitrogens with one attached hydrogen (secondary N) is 1. The first-order valence-electron chi connectivity index (χ1n) is 8.56. The van der Waals surface area contributed by atoms with E-state index in [4.69, 9.17) is 11.6 Å². The first-order chi connectivity index (χ1) is 13.1. The molecule has 1 atom stereocenters. The Kier molecular flexibility index (Phi) is 4.60. The van der Waals surface area contributed by atoms with Gasteiger partial charge in [0.1, 0.15) is 5.65 Å². The van der Waals surface area contributed by atoms with Gasteiger partial charge >= 0.3 is 0 Å². The van der Waals surface area contributed by atoms with Crippen molar-refractivity contribution in [3.05, 3.63) is 89.5 Å². The number of benzene rings is 1. The number of carbonyl (C=O) groups is 1. The molecule has 0 saturated heterocycles. The fourth-order valence-corrected chi connectivity index (χ4v) is 3.00. The summed E-state index contributed by atoms with van der Waals surface area (Å²) in [4.78, 5) is 21.5. The second-order valence-corrected chi connectivity index (χ2v) is 6.70. The number of amides is 1. The standard InChI is InChI=1S/C21H17ClN4O/c1-14(18-4-2-3-11-23-18)24-21(27)16-7-10-20-25-19(13-26(20)12-16)15-5-8-17(22)9-6-15/h2-14H,1H3,(H,24,27)/t14-/m1/s1. The van der Waals surface area contributed by atoms with E-state index in [0.29, 0.717) is 10.6 Å². The Hall–Kier alpha value is -3.18. The molecule has 0 aliphatic heterocycles. The van der Waals surface area contributed by atoms with Gasteiger partial charge in [-0.25, -0.2) is 4.98 Å². The molecule has 6 heteroatoms. The van der Waals surface area contributed by atoms with Crippen LogP contribution in [-0.4, -0.2) is 20.3 Å². The van der Waals surface area contributed by atoms with Crippen molar-refractivity contribution < 1.29 is 4.79 Å². The molecule has 0 spiro atoms. The molecule has 5 nitrogen and oxygen atoms in total. The molecule has 1 N–H and O–H groups in total. The molecular weight excluding hydrogens is 360 g/mol. The van der Waals surface area contributed by atoms with Crippen LogP contribution in [0.1, 0.15) is 29.0 Å². The van der Waals surface area contributed by atoms with E-state index in [1.807, 2.05) is 66.1 Å². The van der Waals surface area contributed by atoms with Gasteiger partial charge in [0.2, 0.25) is 0 Å². The smallest absolute Gasteiger partial charge is 0.253 e. The lowest BCUT2D eigenvalue weighted by Crippen LogP contribution is -2.27. The van der Waals surface area contributed by atoms with Gasteiger partial charge in [0.15, 0.2) is 0 Å². The predicted molar refractivity (Wildman–Crippen MR) is 106 cm³/mol. The average Bonchev–Trinajstić information content (AvgIpc) is 3.12. The van der Waals surface area contributed by atoms with Crippen LogP contribution < -0.4 is 5.32 Å². The third-order valence-electron chi connectivity index (χ3n) is 4.33. The molecule has 1 aromatic carbocycles. The third-order valence-corrected chi connectivity index (χ3v) is 4.58. The molecular formula is C21H17ClN4O. The number of carbonyl (C=O) groups excluding carboxylic acids is 1. The summed E-state index contributed by atoms with van der Waals surface area (Å²) in [6.07, 6.45) is 5.40. The summed E-state index contributed by atoms with van der Waals surface area (Å²) in [6.45, 7) is 1.91.